The summed E-state index contributed by atoms with van der Waals surface area (Å²) in [4.78, 5) is 14.6. The normalized spacial score (nSPS) is 15.1. The third-order valence-corrected chi connectivity index (χ3v) is 7.97. The lowest BCUT2D eigenvalue weighted by Crippen LogP contribution is -2.38. The monoisotopic (exact) mass is 463 g/mol. The Balaban J connectivity index is 1.74. The Labute approximate surface area is 177 Å². The number of nitrogens with zero attached hydrogens (tertiary/aromatic N) is 2. The first-order valence-corrected chi connectivity index (χ1v) is 11.4. The highest BCUT2D eigenvalue weighted by Gasteiger charge is 2.25. The number of ether oxygens (including phenoxy) is 1. The molecule has 0 spiro atoms. The van der Waals surface area contributed by atoms with Gasteiger partial charge in [0.15, 0.2) is 0 Å². The minimum Gasteiger partial charge on any atom is -0.378 e. The standard InChI is InChI=1S/C17H19Cl2N3O4S2/c1-21(28(24,25)16-6-5-14(19)27-16)11-15(23)20-13-4-2-3-12(18)17(13)22-7-9-26-10-8-22/h2-6H,7-11H2,1H3,(H,20,23). The number of amides is 1. The number of halogens is 2. The van der Waals surface area contributed by atoms with Gasteiger partial charge in [0.1, 0.15) is 4.21 Å². The number of thiophene rings is 1. The summed E-state index contributed by atoms with van der Waals surface area (Å²) >= 11 is 13.1. The number of sulfonamides is 1. The summed E-state index contributed by atoms with van der Waals surface area (Å²) in [5, 5.41) is 3.28. The van der Waals surface area contributed by atoms with Crippen LogP contribution in [0.25, 0.3) is 0 Å². The fraction of sp³-hybridized carbons (Fsp3) is 0.353. The van der Waals surface area contributed by atoms with E-state index >= 15 is 0 Å². The second-order valence-electron chi connectivity index (χ2n) is 6.10. The third kappa shape index (κ3) is 4.79. The molecule has 1 aromatic heterocycles. The summed E-state index contributed by atoms with van der Waals surface area (Å²) in [5.41, 5.74) is 1.24. The van der Waals surface area contributed by atoms with Crippen LogP contribution in [-0.4, -0.2) is 58.5 Å². The molecule has 1 aliphatic rings. The summed E-state index contributed by atoms with van der Waals surface area (Å²) in [5.74, 6) is -0.467. The molecule has 1 fully saturated rings. The van der Waals surface area contributed by atoms with Crippen LogP contribution in [0.1, 0.15) is 0 Å². The van der Waals surface area contributed by atoms with Gasteiger partial charge in [-0.25, -0.2) is 8.42 Å². The van der Waals surface area contributed by atoms with E-state index in [0.717, 1.165) is 15.6 Å². The number of para-hydroxylation sites is 1. The molecular formula is C17H19Cl2N3O4S2. The van der Waals surface area contributed by atoms with E-state index in [9.17, 15) is 13.2 Å². The lowest BCUT2D eigenvalue weighted by atomic mass is 10.2. The summed E-state index contributed by atoms with van der Waals surface area (Å²) in [6, 6.07) is 8.15. The van der Waals surface area contributed by atoms with Crippen LogP contribution in [0.5, 0.6) is 0 Å². The van der Waals surface area contributed by atoms with Gasteiger partial charge in [-0.05, 0) is 24.3 Å². The van der Waals surface area contributed by atoms with Gasteiger partial charge in [-0.3, -0.25) is 4.79 Å². The molecule has 1 amide bonds. The van der Waals surface area contributed by atoms with Crippen LogP contribution in [0, 0.1) is 0 Å². The Bertz CT molecular complexity index is 959. The maximum absolute atomic E-state index is 12.6. The summed E-state index contributed by atoms with van der Waals surface area (Å²) in [6.07, 6.45) is 0. The van der Waals surface area contributed by atoms with Gasteiger partial charge in [-0.15, -0.1) is 11.3 Å². The third-order valence-electron chi connectivity index (χ3n) is 4.17. The quantitative estimate of drug-likeness (QED) is 0.711. The van der Waals surface area contributed by atoms with Gasteiger partial charge >= 0.3 is 0 Å². The molecule has 152 valence electrons. The van der Waals surface area contributed by atoms with Crippen molar-refractivity contribution >= 4 is 61.8 Å². The maximum atomic E-state index is 12.6. The molecule has 0 radical (unpaired) electrons. The van der Waals surface area contributed by atoms with Gasteiger partial charge in [-0.2, -0.15) is 4.31 Å². The van der Waals surface area contributed by atoms with E-state index in [1.54, 1.807) is 18.2 Å². The van der Waals surface area contributed by atoms with Gasteiger partial charge in [0, 0.05) is 20.1 Å². The number of rotatable bonds is 6. The van der Waals surface area contributed by atoms with Gasteiger partial charge < -0.3 is 15.0 Å². The Morgan fingerprint density at radius 2 is 1.96 bits per heavy atom. The number of hydrogen-bond donors (Lipinski definition) is 1. The number of hydrogen-bond acceptors (Lipinski definition) is 6. The first-order chi connectivity index (χ1) is 13.3. The van der Waals surface area contributed by atoms with E-state index < -0.39 is 15.9 Å². The van der Waals surface area contributed by atoms with Crippen LogP contribution in [-0.2, 0) is 19.6 Å². The average Bonchev–Trinajstić information content (AvgIpc) is 3.09. The molecule has 2 aromatic rings. The number of likely N-dealkylation sites (N-methyl/N-ethyl adjacent to an activating group) is 1. The molecule has 0 saturated carbocycles. The fourth-order valence-electron chi connectivity index (χ4n) is 2.79. The molecule has 1 aromatic carbocycles. The number of carbonyl (C=O) groups is 1. The fourth-order valence-corrected chi connectivity index (χ4v) is 5.91. The zero-order valence-electron chi connectivity index (χ0n) is 15.0. The summed E-state index contributed by atoms with van der Waals surface area (Å²) < 4.78 is 31.9. The van der Waals surface area contributed by atoms with Crippen LogP contribution in [0.3, 0.4) is 0 Å². The van der Waals surface area contributed by atoms with E-state index in [4.69, 9.17) is 27.9 Å². The second kappa shape index (κ2) is 8.98. The molecule has 0 unspecified atom stereocenters. The van der Waals surface area contributed by atoms with Crippen molar-refractivity contribution in [3.8, 4) is 0 Å². The van der Waals surface area contributed by atoms with Crippen molar-refractivity contribution in [3.05, 3.63) is 39.7 Å². The summed E-state index contributed by atoms with van der Waals surface area (Å²) in [6.45, 7) is 2.11. The number of nitrogens with one attached hydrogen (secondary N) is 1. The molecule has 0 atom stereocenters. The Kier molecular flexibility index (Phi) is 6.85. The van der Waals surface area contributed by atoms with E-state index in [2.05, 4.69) is 5.32 Å². The predicted molar refractivity (Wildman–Crippen MR) is 112 cm³/mol. The van der Waals surface area contributed by atoms with Gasteiger partial charge in [0.25, 0.3) is 10.0 Å². The SMILES string of the molecule is CN(CC(=O)Nc1cccc(Cl)c1N1CCOCC1)S(=O)(=O)c1ccc(Cl)s1. The number of carbonyl (C=O) groups excluding carboxylic acids is 1. The van der Waals surface area contributed by atoms with Crippen molar-refractivity contribution in [1.29, 1.82) is 0 Å². The number of morpholine rings is 1. The molecule has 1 saturated heterocycles. The van der Waals surface area contributed by atoms with Crippen molar-refractivity contribution in [3.63, 3.8) is 0 Å². The van der Waals surface area contributed by atoms with E-state index in [-0.39, 0.29) is 10.8 Å². The van der Waals surface area contributed by atoms with Crippen LogP contribution in [0.4, 0.5) is 11.4 Å². The molecule has 3 rings (SSSR count). The average molecular weight is 464 g/mol. The molecule has 11 heteroatoms. The smallest absolute Gasteiger partial charge is 0.252 e. The largest absolute Gasteiger partial charge is 0.378 e. The topological polar surface area (TPSA) is 79.0 Å². The molecular weight excluding hydrogens is 445 g/mol. The van der Waals surface area contributed by atoms with E-state index in [1.807, 2.05) is 4.90 Å². The van der Waals surface area contributed by atoms with Gasteiger partial charge in [-0.1, -0.05) is 29.3 Å². The minimum absolute atomic E-state index is 0.0876. The van der Waals surface area contributed by atoms with E-state index in [1.165, 1.54) is 19.2 Å². The van der Waals surface area contributed by atoms with Crippen molar-refractivity contribution in [2.45, 2.75) is 4.21 Å². The zero-order chi connectivity index (χ0) is 20.3. The maximum Gasteiger partial charge on any atom is 0.252 e. The highest BCUT2D eigenvalue weighted by Crippen LogP contribution is 2.34. The van der Waals surface area contributed by atoms with Crippen molar-refractivity contribution in [2.24, 2.45) is 0 Å². The highest BCUT2D eigenvalue weighted by molar-refractivity contribution is 7.91. The molecule has 0 aliphatic carbocycles. The lowest BCUT2D eigenvalue weighted by Gasteiger charge is -2.31. The molecule has 28 heavy (non-hydrogen) atoms. The van der Waals surface area contributed by atoms with E-state index in [0.29, 0.717) is 47.0 Å². The first-order valence-electron chi connectivity index (χ1n) is 8.42. The first kappa shape index (κ1) is 21.4. The van der Waals surface area contributed by atoms with Crippen molar-refractivity contribution < 1.29 is 17.9 Å². The van der Waals surface area contributed by atoms with Gasteiger partial charge in [0.05, 0.1) is 40.5 Å². The molecule has 1 N–H and O–H groups in total. The van der Waals surface area contributed by atoms with Crippen LogP contribution in [0.15, 0.2) is 34.5 Å². The Hall–Kier alpha value is -1.36. The number of anilines is 2. The minimum atomic E-state index is -3.79. The van der Waals surface area contributed by atoms with Crippen LogP contribution in [0.2, 0.25) is 9.36 Å². The van der Waals surface area contributed by atoms with Crippen LogP contribution >= 0.6 is 34.5 Å². The molecule has 7 nitrogen and oxygen atoms in total. The summed E-state index contributed by atoms with van der Waals surface area (Å²) in [7, 11) is -2.44. The zero-order valence-corrected chi connectivity index (χ0v) is 18.2. The van der Waals surface area contributed by atoms with Gasteiger partial charge in [0.2, 0.25) is 5.91 Å². The van der Waals surface area contributed by atoms with Crippen LogP contribution < -0.4 is 10.2 Å². The molecule has 2 heterocycles. The highest BCUT2D eigenvalue weighted by atomic mass is 35.5. The predicted octanol–water partition coefficient (Wildman–Crippen LogP) is 3.15. The molecule has 0 bridgehead atoms. The second-order valence-corrected chi connectivity index (χ2v) is 10.5. The molecule has 1 aliphatic heterocycles. The Morgan fingerprint density at radius 1 is 1.25 bits per heavy atom. The lowest BCUT2D eigenvalue weighted by molar-refractivity contribution is -0.116. The Morgan fingerprint density at radius 3 is 2.61 bits per heavy atom. The number of benzene rings is 1. The van der Waals surface area contributed by atoms with Crippen molar-refractivity contribution in [1.82, 2.24) is 4.31 Å². The van der Waals surface area contributed by atoms with Crippen molar-refractivity contribution in [2.75, 3.05) is 50.1 Å².